The Morgan fingerprint density at radius 1 is 1.11 bits per heavy atom. The average molecular weight is 533 g/mol. The SMILES string of the molecule is C=CCc1cc(/C=C2/SC(=O)N(CC(=O)Nc3cccc(F)c3)C2=O)cc(OC)c1OCc1ccccc1. The van der Waals surface area contributed by atoms with E-state index >= 15 is 0 Å². The van der Waals surface area contributed by atoms with Gasteiger partial charge >= 0.3 is 0 Å². The molecule has 1 aliphatic heterocycles. The van der Waals surface area contributed by atoms with Gasteiger partial charge in [0.25, 0.3) is 11.1 Å². The van der Waals surface area contributed by atoms with E-state index in [0.29, 0.717) is 30.1 Å². The number of halogens is 1. The van der Waals surface area contributed by atoms with E-state index in [0.717, 1.165) is 33.9 Å². The summed E-state index contributed by atoms with van der Waals surface area (Å²) in [4.78, 5) is 38.9. The maximum absolute atomic E-state index is 13.4. The minimum Gasteiger partial charge on any atom is -0.493 e. The third kappa shape index (κ3) is 6.49. The van der Waals surface area contributed by atoms with Crippen molar-refractivity contribution in [3.8, 4) is 11.5 Å². The van der Waals surface area contributed by atoms with Crippen LogP contribution in [0.1, 0.15) is 16.7 Å². The molecule has 0 saturated carbocycles. The summed E-state index contributed by atoms with van der Waals surface area (Å²) in [7, 11) is 1.53. The van der Waals surface area contributed by atoms with Crippen LogP contribution in [0.3, 0.4) is 0 Å². The third-order valence-electron chi connectivity index (χ3n) is 5.55. The molecule has 0 bridgehead atoms. The number of imide groups is 1. The summed E-state index contributed by atoms with van der Waals surface area (Å²) in [6, 6.07) is 18.6. The van der Waals surface area contributed by atoms with Crippen LogP contribution in [0, 0.1) is 5.82 Å². The Hall–Kier alpha value is -4.37. The number of anilines is 1. The number of hydrogen-bond donors (Lipinski definition) is 1. The van der Waals surface area contributed by atoms with Crippen LogP contribution in [0.4, 0.5) is 14.9 Å². The summed E-state index contributed by atoms with van der Waals surface area (Å²) in [5.74, 6) is -0.688. The molecule has 3 aromatic rings. The molecule has 0 aromatic heterocycles. The fraction of sp³-hybridized carbons (Fsp3) is 0.138. The van der Waals surface area contributed by atoms with E-state index in [2.05, 4.69) is 11.9 Å². The first-order valence-electron chi connectivity index (χ1n) is 11.7. The smallest absolute Gasteiger partial charge is 0.294 e. The second-order valence-corrected chi connectivity index (χ2v) is 9.30. The highest BCUT2D eigenvalue weighted by molar-refractivity contribution is 8.18. The van der Waals surface area contributed by atoms with Crippen molar-refractivity contribution in [3.63, 3.8) is 0 Å². The summed E-state index contributed by atoms with van der Waals surface area (Å²) in [5.41, 5.74) is 2.66. The van der Waals surface area contributed by atoms with Crippen molar-refractivity contribution in [2.45, 2.75) is 13.0 Å². The number of carbonyl (C=O) groups excluding carboxylic acids is 3. The number of amides is 3. The van der Waals surface area contributed by atoms with Crippen LogP contribution >= 0.6 is 11.8 Å². The highest BCUT2D eigenvalue weighted by Crippen LogP contribution is 2.37. The average Bonchev–Trinajstić information content (AvgIpc) is 3.15. The normalized spacial score (nSPS) is 14.1. The Balaban J connectivity index is 1.52. The van der Waals surface area contributed by atoms with E-state index in [1.165, 1.54) is 25.3 Å². The van der Waals surface area contributed by atoms with E-state index in [9.17, 15) is 18.8 Å². The second-order valence-electron chi connectivity index (χ2n) is 8.30. The molecular weight excluding hydrogens is 507 g/mol. The van der Waals surface area contributed by atoms with Crippen LogP contribution in [0.25, 0.3) is 6.08 Å². The first-order valence-corrected chi connectivity index (χ1v) is 12.5. The summed E-state index contributed by atoms with van der Waals surface area (Å²) >= 11 is 0.738. The number of hydrogen-bond acceptors (Lipinski definition) is 6. The largest absolute Gasteiger partial charge is 0.493 e. The molecule has 0 aliphatic carbocycles. The molecule has 1 saturated heterocycles. The number of nitrogens with one attached hydrogen (secondary N) is 1. The molecule has 38 heavy (non-hydrogen) atoms. The fourth-order valence-electron chi connectivity index (χ4n) is 3.82. The van der Waals surface area contributed by atoms with Gasteiger partial charge in [0.2, 0.25) is 5.91 Å². The van der Waals surface area contributed by atoms with Crippen molar-refractivity contribution in [3.05, 3.63) is 107 Å². The summed E-state index contributed by atoms with van der Waals surface area (Å²) < 4.78 is 25.0. The summed E-state index contributed by atoms with van der Waals surface area (Å²) in [6.07, 6.45) is 3.80. The minimum absolute atomic E-state index is 0.165. The minimum atomic E-state index is -0.617. The molecule has 0 atom stereocenters. The molecule has 9 heteroatoms. The van der Waals surface area contributed by atoms with E-state index in [1.807, 2.05) is 36.4 Å². The molecule has 0 spiro atoms. The Morgan fingerprint density at radius 2 is 1.89 bits per heavy atom. The Morgan fingerprint density at radius 3 is 2.61 bits per heavy atom. The number of ether oxygens (including phenoxy) is 2. The van der Waals surface area contributed by atoms with E-state index in [1.54, 1.807) is 18.2 Å². The van der Waals surface area contributed by atoms with E-state index < -0.39 is 29.4 Å². The van der Waals surface area contributed by atoms with Crippen LogP contribution in [-0.4, -0.2) is 35.6 Å². The van der Waals surface area contributed by atoms with Crippen LogP contribution < -0.4 is 14.8 Å². The van der Waals surface area contributed by atoms with Crippen molar-refractivity contribution >= 4 is 40.6 Å². The van der Waals surface area contributed by atoms with Crippen LogP contribution in [-0.2, 0) is 22.6 Å². The topological polar surface area (TPSA) is 84.9 Å². The molecule has 7 nitrogen and oxygen atoms in total. The van der Waals surface area contributed by atoms with Crippen molar-refractivity contribution in [2.24, 2.45) is 0 Å². The number of carbonyl (C=O) groups is 3. The number of thioether (sulfide) groups is 1. The standard InChI is InChI=1S/C29H25FN2O5S/c1-3-8-21-13-20(14-24(36-2)27(21)37-18-19-9-5-4-6-10-19)15-25-28(34)32(29(35)38-25)17-26(33)31-23-12-7-11-22(30)16-23/h3-7,9-16H,1,8,17-18H2,2H3,(H,31,33)/b25-15+. The predicted molar refractivity (Wildman–Crippen MR) is 145 cm³/mol. The Bertz CT molecular complexity index is 1410. The summed E-state index contributed by atoms with van der Waals surface area (Å²) in [5, 5.41) is 1.92. The highest BCUT2D eigenvalue weighted by atomic mass is 32.2. The molecule has 0 radical (unpaired) electrons. The summed E-state index contributed by atoms with van der Waals surface area (Å²) in [6.45, 7) is 3.67. The molecule has 4 rings (SSSR count). The number of benzene rings is 3. The molecule has 1 aliphatic rings. The number of methoxy groups -OCH3 is 1. The molecule has 1 fully saturated rings. The lowest BCUT2D eigenvalue weighted by Crippen LogP contribution is -2.36. The molecule has 1 heterocycles. The molecule has 1 N–H and O–H groups in total. The fourth-order valence-corrected chi connectivity index (χ4v) is 4.66. The van der Waals surface area contributed by atoms with Crippen LogP contribution in [0.15, 0.2) is 84.3 Å². The third-order valence-corrected chi connectivity index (χ3v) is 6.45. The Kier molecular flexibility index (Phi) is 8.60. The highest BCUT2D eigenvalue weighted by Gasteiger charge is 2.36. The van der Waals surface area contributed by atoms with Crippen molar-refractivity contribution < 1.29 is 28.2 Å². The van der Waals surface area contributed by atoms with Crippen molar-refractivity contribution in [1.82, 2.24) is 4.90 Å². The van der Waals surface area contributed by atoms with Gasteiger partial charge in [0.05, 0.1) is 12.0 Å². The lowest BCUT2D eigenvalue weighted by molar-refractivity contribution is -0.127. The van der Waals surface area contributed by atoms with Gasteiger partial charge in [-0.2, -0.15) is 0 Å². The van der Waals surface area contributed by atoms with Crippen molar-refractivity contribution in [1.29, 1.82) is 0 Å². The van der Waals surface area contributed by atoms with Gasteiger partial charge in [-0.25, -0.2) is 4.39 Å². The zero-order valence-electron chi connectivity index (χ0n) is 20.6. The quantitative estimate of drug-likeness (QED) is 0.262. The van der Waals surface area contributed by atoms with Gasteiger partial charge in [0.15, 0.2) is 11.5 Å². The van der Waals surface area contributed by atoms with Crippen molar-refractivity contribution in [2.75, 3.05) is 19.0 Å². The van der Waals surface area contributed by atoms with Gasteiger partial charge in [0, 0.05) is 11.3 Å². The maximum Gasteiger partial charge on any atom is 0.294 e. The number of allylic oxidation sites excluding steroid dienone is 1. The van der Waals surface area contributed by atoms with E-state index in [-0.39, 0.29) is 10.6 Å². The van der Waals surface area contributed by atoms with Crippen LogP contribution in [0.5, 0.6) is 11.5 Å². The molecule has 0 unspecified atom stereocenters. The lowest BCUT2D eigenvalue weighted by Gasteiger charge is -2.16. The first kappa shape index (κ1) is 26.7. The Labute approximate surface area is 223 Å². The monoisotopic (exact) mass is 532 g/mol. The molecule has 194 valence electrons. The van der Waals surface area contributed by atoms with Gasteiger partial charge in [0.1, 0.15) is 19.0 Å². The number of rotatable bonds is 10. The predicted octanol–water partition coefficient (Wildman–Crippen LogP) is 5.82. The zero-order chi connectivity index (χ0) is 27.1. The number of nitrogens with zero attached hydrogens (tertiary/aromatic N) is 1. The van der Waals surface area contributed by atoms with Gasteiger partial charge in [-0.15, -0.1) is 6.58 Å². The second kappa shape index (κ2) is 12.2. The molecular formula is C29H25FN2O5S. The molecule has 3 amide bonds. The zero-order valence-corrected chi connectivity index (χ0v) is 21.4. The van der Waals surface area contributed by atoms with Gasteiger partial charge in [-0.1, -0.05) is 42.5 Å². The van der Waals surface area contributed by atoms with Gasteiger partial charge < -0.3 is 14.8 Å². The molecule has 3 aromatic carbocycles. The van der Waals surface area contributed by atoms with Gasteiger partial charge in [-0.05, 0) is 65.7 Å². The van der Waals surface area contributed by atoms with Gasteiger partial charge in [-0.3, -0.25) is 19.3 Å². The lowest BCUT2D eigenvalue weighted by atomic mass is 10.0. The van der Waals surface area contributed by atoms with E-state index in [4.69, 9.17) is 9.47 Å². The first-order chi connectivity index (χ1) is 18.4. The van der Waals surface area contributed by atoms with Crippen LogP contribution in [0.2, 0.25) is 0 Å². The maximum atomic E-state index is 13.4.